The van der Waals surface area contributed by atoms with Gasteiger partial charge in [-0.25, -0.2) is 12.7 Å². The molecule has 1 heterocycles. The average molecular weight is 409 g/mol. The molecule has 1 N–H and O–H groups in total. The molecule has 138 valence electrons. The van der Waals surface area contributed by atoms with Crippen molar-refractivity contribution >= 4 is 45.1 Å². The Bertz CT molecular complexity index is 890. The molecule has 0 radical (unpaired) electrons. The van der Waals surface area contributed by atoms with Crippen LogP contribution in [0.5, 0.6) is 0 Å². The summed E-state index contributed by atoms with van der Waals surface area (Å²) in [6.07, 6.45) is 0. The van der Waals surface area contributed by atoms with Crippen LogP contribution >= 0.6 is 23.5 Å². The lowest BCUT2D eigenvalue weighted by Crippen LogP contribution is -2.22. The normalized spacial score (nSPS) is 15.3. The molecule has 5 nitrogen and oxygen atoms in total. The van der Waals surface area contributed by atoms with Gasteiger partial charge in [0.05, 0.1) is 9.48 Å². The van der Waals surface area contributed by atoms with Crippen molar-refractivity contribution in [2.24, 2.45) is 0 Å². The summed E-state index contributed by atoms with van der Waals surface area (Å²) < 4.78 is 26.0. The zero-order valence-corrected chi connectivity index (χ0v) is 17.0. The van der Waals surface area contributed by atoms with Crippen LogP contribution in [0.1, 0.15) is 20.5 Å². The minimum absolute atomic E-state index is 0.144. The number of anilines is 1. The highest BCUT2D eigenvalue weighted by Crippen LogP contribution is 2.45. The van der Waals surface area contributed by atoms with Crippen molar-refractivity contribution in [1.29, 1.82) is 0 Å². The lowest BCUT2D eigenvalue weighted by Gasteiger charge is -2.13. The Balaban J connectivity index is 1.74. The van der Waals surface area contributed by atoms with Crippen molar-refractivity contribution in [3.05, 3.63) is 59.7 Å². The number of carbonyl (C=O) groups is 1. The van der Waals surface area contributed by atoms with E-state index in [1.165, 1.54) is 31.8 Å². The summed E-state index contributed by atoms with van der Waals surface area (Å²) in [4.78, 5) is 12.6. The van der Waals surface area contributed by atoms with Crippen LogP contribution in [-0.4, -0.2) is 44.2 Å². The Morgan fingerprint density at radius 3 is 2.35 bits per heavy atom. The van der Waals surface area contributed by atoms with Gasteiger partial charge in [-0.1, -0.05) is 18.2 Å². The predicted octanol–water partition coefficient (Wildman–Crippen LogP) is 3.67. The van der Waals surface area contributed by atoms with Gasteiger partial charge in [0.15, 0.2) is 0 Å². The van der Waals surface area contributed by atoms with Crippen LogP contribution in [0, 0.1) is 0 Å². The number of nitrogens with one attached hydrogen (secondary N) is 1. The van der Waals surface area contributed by atoms with Crippen LogP contribution in [0.2, 0.25) is 0 Å². The van der Waals surface area contributed by atoms with E-state index >= 15 is 0 Å². The highest BCUT2D eigenvalue weighted by atomic mass is 32.2. The van der Waals surface area contributed by atoms with Gasteiger partial charge < -0.3 is 5.32 Å². The first-order chi connectivity index (χ1) is 12.4. The number of amides is 1. The molecule has 1 saturated heterocycles. The van der Waals surface area contributed by atoms with Crippen molar-refractivity contribution in [1.82, 2.24) is 4.31 Å². The molecule has 0 saturated carbocycles. The number of rotatable bonds is 5. The molecule has 26 heavy (non-hydrogen) atoms. The standard InChI is InChI=1S/C18H20N2O3S3/c1-20(2)26(22,23)16-5-3-4-15(12-16)19-17(21)13-6-8-14(9-7-13)18-24-10-11-25-18/h3-9,12,18H,10-11H2,1-2H3,(H,19,21). The number of benzene rings is 2. The molecule has 3 rings (SSSR count). The van der Waals surface area contributed by atoms with E-state index in [2.05, 4.69) is 5.32 Å². The molecule has 0 aromatic heterocycles. The molecule has 0 spiro atoms. The Labute approximate surface area is 162 Å². The van der Waals surface area contributed by atoms with Crippen LogP contribution in [-0.2, 0) is 10.0 Å². The molecule has 1 aliphatic rings. The van der Waals surface area contributed by atoms with Crippen molar-refractivity contribution in [3.63, 3.8) is 0 Å². The van der Waals surface area contributed by atoms with Crippen LogP contribution < -0.4 is 5.32 Å². The quantitative estimate of drug-likeness (QED) is 0.818. The number of hydrogen-bond acceptors (Lipinski definition) is 5. The fraction of sp³-hybridized carbons (Fsp3) is 0.278. The van der Waals surface area contributed by atoms with Gasteiger partial charge in [-0.2, -0.15) is 0 Å². The Morgan fingerprint density at radius 1 is 1.08 bits per heavy atom. The highest BCUT2D eigenvalue weighted by Gasteiger charge is 2.19. The van der Waals surface area contributed by atoms with Gasteiger partial charge in [-0.05, 0) is 35.9 Å². The number of thioether (sulfide) groups is 2. The maximum atomic E-state index is 12.5. The molecule has 1 amide bonds. The second-order valence-electron chi connectivity index (χ2n) is 5.96. The number of nitrogens with zero attached hydrogens (tertiary/aromatic N) is 1. The van der Waals surface area contributed by atoms with E-state index < -0.39 is 10.0 Å². The molecule has 2 aromatic rings. The third-order valence-electron chi connectivity index (χ3n) is 3.94. The summed E-state index contributed by atoms with van der Waals surface area (Å²) in [6.45, 7) is 0. The molecule has 0 atom stereocenters. The number of carbonyl (C=O) groups excluding carboxylic acids is 1. The van der Waals surface area contributed by atoms with Crippen LogP contribution in [0.15, 0.2) is 53.4 Å². The lowest BCUT2D eigenvalue weighted by molar-refractivity contribution is 0.102. The third kappa shape index (κ3) is 4.25. The van der Waals surface area contributed by atoms with Gasteiger partial charge in [0.1, 0.15) is 0 Å². The molecule has 2 aromatic carbocycles. The largest absolute Gasteiger partial charge is 0.322 e. The highest BCUT2D eigenvalue weighted by molar-refractivity contribution is 8.19. The van der Waals surface area contributed by atoms with Crippen molar-refractivity contribution < 1.29 is 13.2 Å². The minimum atomic E-state index is -3.54. The van der Waals surface area contributed by atoms with Crippen molar-refractivity contribution in [2.75, 3.05) is 30.9 Å². The van der Waals surface area contributed by atoms with Crippen LogP contribution in [0.3, 0.4) is 0 Å². The van der Waals surface area contributed by atoms with Crippen LogP contribution in [0.4, 0.5) is 5.69 Å². The Hall–Kier alpha value is -1.48. The maximum Gasteiger partial charge on any atom is 0.255 e. The van der Waals surface area contributed by atoms with Crippen molar-refractivity contribution in [2.45, 2.75) is 9.48 Å². The van der Waals surface area contributed by atoms with Gasteiger partial charge >= 0.3 is 0 Å². The first kappa shape index (κ1) is 19.3. The zero-order chi connectivity index (χ0) is 18.7. The second-order valence-corrected chi connectivity index (χ2v) is 10.8. The summed E-state index contributed by atoms with van der Waals surface area (Å²) >= 11 is 3.84. The molecule has 0 aliphatic carbocycles. The Kier molecular flexibility index (Phi) is 5.96. The van der Waals surface area contributed by atoms with Gasteiger partial charge in [-0.15, -0.1) is 23.5 Å². The van der Waals surface area contributed by atoms with Gasteiger partial charge in [0.25, 0.3) is 5.91 Å². The van der Waals surface area contributed by atoms with E-state index in [1.54, 1.807) is 12.1 Å². The maximum absolute atomic E-state index is 12.5. The molecule has 8 heteroatoms. The summed E-state index contributed by atoms with van der Waals surface area (Å²) in [6, 6.07) is 13.9. The summed E-state index contributed by atoms with van der Waals surface area (Å²) in [5, 5.41) is 2.77. The van der Waals surface area contributed by atoms with E-state index in [4.69, 9.17) is 0 Å². The molecule has 1 fully saturated rings. The van der Waals surface area contributed by atoms with Crippen molar-refractivity contribution in [3.8, 4) is 0 Å². The second kappa shape index (κ2) is 8.04. The average Bonchev–Trinajstić information content (AvgIpc) is 3.16. The van der Waals surface area contributed by atoms with E-state index in [1.807, 2.05) is 47.8 Å². The molecule has 0 bridgehead atoms. The fourth-order valence-corrected chi connectivity index (χ4v) is 6.30. The summed E-state index contributed by atoms with van der Waals surface area (Å²) in [5.41, 5.74) is 2.21. The van der Waals surface area contributed by atoms with E-state index in [9.17, 15) is 13.2 Å². The van der Waals surface area contributed by atoms with Gasteiger partial charge in [0, 0.05) is 36.9 Å². The molecule has 1 aliphatic heterocycles. The topological polar surface area (TPSA) is 66.5 Å². The van der Waals surface area contributed by atoms with E-state index in [0.29, 0.717) is 15.8 Å². The SMILES string of the molecule is CN(C)S(=O)(=O)c1cccc(NC(=O)c2ccc(C3SCCS3)cc2)c1. The first-order valence-electron chi connectivity index (χ1n) is 8.05. The fourth-order valence-electron chi connectivity index (χ4n) is 2.49. The lowest BCUT2D eigenvalue weighted by atomic mass is 10.1. The van der Waals surface area contributed by atoms with Crippen LogP contribution in [0.25, 0.3) is 0 Å². The first-order valence-corrected chi connectivity index (χ1v) is 11.6. The van der Waals surface area contributed by atoms with E-state index in [0.717, 1.165) is 15.8 Å². The molecule has 0 unspecified atom stereocenters. The summed E-state index contributed by atoms with van der Waals surface area (Å²) in [5.74, 6) is 2.05. The van der Waals surface area contributed by atoms with E-state index in [-0.39, 0.29) is 10.8 Å². The summed E-state index contributed by atoms with van der Waals surface area (Å²) in [7, 11) is -0.587. The van der Waals surface area contributed by atoms with Gasteiger partial charge in [-0.3, -0.25) is 4.79 Å². The predicted molar refractivity (Wildman–Crippen MR) is 109 cm³/mol. The zero-order valence-electron chi connectivity index (χ0n) is 14.5. The smallest absolute Gasteiger partial charge is 0.255 e. The number of sulfonamides is 1. The third-order valence-corrected chi connectivity index (χ3v) is 8.85. The van der Waals surface area contributed by atoms with Gasteiger partial charge in [0.2, 0.25) is 10.0 Å². The Morgan fingerprint density at radius 2 is 1.73 bits per heavy atom. The molecular formula is C18H20N2O3S3. The monoisotopic (exact) mass is 408 g/mol. The number of hydrogen-bond donors (Lipinski definition) is 1. The molecular weight excluding hydrogens is 388 g/mol. The minimum Gasteiger partial charge on any atom is -0.322 e.